The van der Waals surface area contributed by atoms with Crippen LogP contribution in [0.25, 0.3) is 0 Å². The number of hydrogen-bond donors (Lipinski definition) is 2. The second-order valence-corrected chi connectivity index (χ2v) is 8.21. The molecule has 1 aliphatic rings. The summed E-state index contributed by atoms with van der Waals surface area (Å²) in [6, 6.07) is 9.57. The Morgan fingerprint density at radius 3 is 2.75 bits per heavy atom. The van der Waals surface area contributed by atoms with Gasteiger partial charge < -0.3 is 10.6 Å². The molecule has 1 aromatic carbocycles. The van der Waals surface area contributed by atoms with Crippen molar-refractivity contribution in [1.29, 1.82) is 0 Å². The Bertz CT molecular complexity index is 854. The number of rotatable bonds is 5. The van der Waals surface area contributed by atoms with Crippen LogP contribution in [0.3, 0.4) is 0 Å². The Morgan fingerprint density at radius 2 is 2.04 bits per heavy atom. The molecule has 1 atom stereocenters. The number of nitrogens with one attached hydrogen (secondary N) is 2. The second-order valence-electron chi connectivity index (χ2n) is 7.29. The van der Waals surface area contributed by atoms with Gasteiger partial charge in [-0.05, 0) is 72.9 Å². The number of carbonyl (C=O) groups is 2. The summed E-state index contributed by atoms with van der Waals surface area (Å²) in [7, 11) is 0. The van der Waals surface area contributed by atoms with Gasteiger partial charge in [0.1, 0.15) is 5.82 Å². The zero-order valence-corrected chi connectivity index (χ0v) is 17.8. The first kappa shape index (κ1) is 20.5. The van der Waals surface area contributed by atoms with Crippen LogP contribution >= 0.6 is 15.9 Å². The van der Waals surface area contributed by atoms with Gasteiger partial charge in [-0.1, -0.05) is 17.7 Å². The molecule has 1 unspecified atom stereocenters. The van der Waals surface area contributed by atoms with E-state index in [0.717, 1.165) is 35.1 Å². The van der Waals surface area contributed by atoms with Gasteiger partial charge in [0.15, 0.2) is 0 Å². The second kappa shape index (κ2) is 9.30. The van der Waals surface area contributed by atoms with Crippen LogP contribution < -0.4 is 10.6 Å². The fourth-order valence-corrected chi connectivity index (χ4v) is 3.67. The van der Waals surface area contributed by atoms with Crippen molar-refractivity contribution in [3.8, 4) is 0 Å². The van der Waals surface area contributed by atoms with E-state index >= 15 is 0 Å². The van der Waals surface area contributed by atoms with E-state index in [4.69, 9.17) is 0 Å². The lowest BCUT2D eigenvalue weighted by Gasteiger charge is -2.31. The fourth-order valence-electron chi connectivity index (χ4n) is 3.44. The smallest absolute Gasteiger partial charge is 0.238 e. The summed E-state index contributed by atoms with van der Waals surface area (Å²) in [5.74, 6) is 0.294. The topological polar surface area (TPSA) is 74.3 Å². The molecule has 0 bridgehead atoms. The van der Waals surface area contributed by atoms with E-state index in [0.29, 0.717) is 12.4 Å². The average molecular weight is 445 g/mol. The maximum Gasteiger partial charge on any atom is 0.238 e. The summed E-state index contributed by atoms with van der Waals surface area (Å²) < 4.78 is 0.865. The van der Waals surface area contributed by atoms with Crippen LogP contribution in [0.2, 0.25) is 0 Å². The molecule has 0 radical (unpaired) electrons. The van der Waals surface area contributed by atoms with Crippen molar-refractivity contribution >= 4 is 39.2 Å². The van der Waals surface area contributed by atoms with E-state index in [1.54, 1.807) is 12.3 Å². The number of amides is 2. The third-order valence-corrected chi connectivity index (χ3v) is 5.35. The Balaban J connectivity index is 1.53. The summed E-state index contributed by atoms with van der Waals surface area (Å²) in [6.45, 7) is 5.69. The van der Waals surface area contributed by atoms with Crippen LogP contribution in [0.4, 0.5) is 11.5 Å². The van der Waals surface area contributed by atoms with Crippen molar-refractivity contribution in [1.82, 2.24) is 9.88 Å². The largest absolute Gasteiger partial charge is 0.325 e. The van der Waals surface area contributed by atoms with Gasteiger partial charge in [0.25, 0.3) is 0 Å². The number of halogens is 1. The van der Waals surface area contributed by atoms with Gasteiger partial charge >= 0.3 is 0 Å². The highest BCUT2D eigenvalue weighted by Gasteiger charge is 2.27. The Kier molecular flexibility index (Phi) is 6.80. The maximum atomic E-state index is 12.6. The van der Waals surface area contributed by atoms with Gasteiger partial charge in [0.2, 0.25) is 11.8 Å². The zero-order chi connectivity index (χ0) is 20.1. The monoisotopic (exact) mass is 444 g/mol. The van der Waals surface area contributed by atoms with Crippen LogP contribution in [0.15, 0.2) is 41.0 Å². The highest BCUT2D eigenvalue weighted by atomic mass is 79.9. The SMILES string of the molecule is Cc1ccc(NC(=O)CN2CCCC(C(=O)Nc3ccc(Br)cn3)C2)c(C)c1. The highest BCUT2D eigenvalue weighted by Crippen LogP contribution is 2.20. The Labute approximate surface area is 173 Å². The molecule has 2 N–H and O–H groups in total. The van der Waals surface area contributed by atoms with Crippen LogP contribution in [0, 0.1) is 19.8 Å². The van der Waals surface area contributed by atoms with Crippen molar-refractivity contribution in [2.75, 3.05) is 30.3 Å². The average Bonchev–Trinajstić information content (AvgIpc) is 2.66. The van der Waals surface area contributed by atoms with Gasteiger partial charge in [0.05, 0.1) is 12.5 Å². The standard InChI is InChI=1S/C21H25BrN4O2/c1-14-5-7-18(15(2)10-14)24-20(27)13-26-9-3-4-16(12-26)21(28)25-19-8-6-17(22)11-23-19/h5-8,10-11,16H,3-4,9,12-13H2,1-2H3,(H,24,27)(H,23,25,28). The minimum absolute atomic E-state index is 0.0469. The van der Waals surface area contributed by atoms with Gasteiger partial charge in [-0.2, -0.15) is 0 Å². The molecule has 1 aliphatic heterocycles. The molecule has 1 saturated heterocycles. The first-order chi connectivity index (χ1) is 13.4. The van der Waals surface area contributed by atoms with E-state index in [9.17, 15) is 9.59 Å². The molecule has 1 fully saturated rings. The van der Waals surface area contributed by atoms with Crippen molar-refractivity contribution < 1.29 is 9.59 Å². The number of pyridine rings is 1. The van der Waals surface area contributed by atoms with Gasteiger partial charge in [0, 0.05) is 22.9 Å². The molecular weight excluding hydrogens is 420 g/mol. The van der Waals surface area contributed by atoms with E-state index in [1.165, 1.54) is 5.56 Å². The molecule has 3 rings (SSSR count). The minimum Gasteiger partial charge on any atom is -0.325 e. The van der Waals surface area contributed by atoms with Crippen molar-refractivity contribution in [3.05, 3.63) is 52.1 Å². The number of piperidine rings is 1. The number of anilines is 2. The zero-order valence-electron chi connectivity index (χ0n) is 16.2. The first-order valence-electron chi connectivity index (χ1n) is 9.42. The summed E-state index contributed by atoms with van der Waals surface area (Å²) in [6.07, 6.45) is 3.36. The molecule has 1 aromatic heterocycles. The number of hydrogen-bond acceptors (Lipinski definition) is 4. The number of carbonyl (C=O) groups excluding carboxylic acids is 2. The number of aryl methyl sites for hydroxylation is 2. The molecule has 0 spiro atoms. The van der Waals surface area contributed by atoms with Gasteiger partial charge in [-0.25, -0.2) is 4.98 Å². The molecule has 28 heavy (non-hydrogen) atoms. The summed E-state index contributed by atoms with van der Waals surface area (Å²) >= 11 is 3.33. The molecule has 0 aliphatic carbocycles. The van der Waals surface area contributed by atoms with Crippen molar-refractivity contribution in [2.24, 2.45) is 5.92 Å². The fraction of sp³-hybridized carbons (Fsp3) is 0.381. The van der Waals surface area contributed by atoms with Crippen LogP contribution in [-0.2, 0) is 9.59 Å². The molecule has 7 heteroatoms. The van der Waals surface area contributed by atoms with Crippen LogP contribution in [0.1, 0.15) is 24.0 Å². The molecule has 0 saturated carbocycles. The quantitative estimate of drug-likeness (QED) is 0.736. The number of benzene rings is 1. The molecule has 2 amide bonds. The lowest BCUT2D eigenvalue weighted by Crippen LogP contribution is -2.44. The Hall–Kier alpha value is -2.25. The van der Waals surface area contributed by atoms with E-state index in [-0.39, 0.29) is 24.3 Å². The lowest BCUT2D eigenvalue weighted by atomic mass is 9.97. The molecular formula is C21H25BrN4O2. The predicted octanol–water partition coefficient (Wildman–Crippen LogP) is 3.75. The summed E-state index contributed by atoms with van der Waals surface area (Å²) in [4.78, 5) is 31.2. The van der Waals surface area contributed by atoms with E-state index in [2.05, 4.69) is 31.5 Å². The van der Waals surface area contributed by atoms with Crippen LogP contribution in [0.5, 0.6) is 0 Å². The maximum absolute atomic E-state index is 12.6. The minimum atomic E-state index is -0.145. The molecule has 2 aromatic rings. The molecule has 6 nitrogen and oxygen atoms in total. The van der Waals surface area contributed by atoms with Crippen LogP contribution in [-0.4, -0.2) is 41.3 Å². The third kappa shape index (κ3) is 5.62. The third-order valence-electron chi connectivity index (χ3n) is 4.88. The lowest BCUT2D eigenvalue weighted by molar-refractivity contribution is -0.123. The first-order valence-corrected chi connectivity index (χ1v) is 10.2. The van der Waals surface area contributed by atoms with Crippen molar-refractivity contribution in [2.45, 2.75) is 26.7 Å². The highest BCUT2D eigenvalue weighted by molar-refractivity contribution is 9.10. The van der Waals surface area contributed by atoms with E-state index in [1.807, 2.05) is 43.0 Å². The van der Waals surface area contributed by atoms with Gasteiger partial charge in [-0.15, -0.1) is 0 Å². The number of nitrogens with zero attached hydrogens (tertiary/aromatic N) is 2. The predicted molar refractivity (Wildman–Crippen MR) is 114 cm³/mol. The summed E-state index contributed by atoms with van der Waals surface area (Å²) in [5.41, 5.74) is 3.05. The summed E-state index contributed by atoms with van der Waals surface area (Å²) in [5, 5.41) is 5.85. The Morgan fingerprint density at radius 1 is 1.21 bits per heavy atom. The van der Waals surface area contributed by atoms with E-state index < -0.39 is 0 Å². The normalized spacial score (nSPS) is 17.2. The molecule has 148 valence electrons. The van der Waals surface area contributed by atoms with Crippen molar-refractivity contribution in [3.63, 3.8) is 0 Å². The molecule has 2 heterocycles. The number of aromatic nitrogens is 1. The van der Waals surface area contributed by atoms with Gasteiger partial charge in [-0.3, -0.25) is 14.5 Å². The number of likely N-dealkylation sites (tertiary alicyclic amines) is 1.